The van der Waals surface area contributed by atoms with Crippen molar-refractivity contribution in [1.82, 2.24) is 4.57 Å². The molecule has 19 heavy (non-hydrogen) atoms. The first-order chi connectivity index (χ1) is 9.04. The Kier molecular flexibility index (Phi) is 3.86. The number of nitrogens with zero attached hydrogens (tertiary/aromatic N) is 1. The van der Waals surface area contributed by atoms with E-state index in [1.165, 1.54) is 5.56 Å². The second kappa shape index (κ2) is 5.41. The molecule has 100 valence electrons. The van der Waals surface area contributed by atoms with Gasteiger partial charge in [0.2, 0.25) is 0 Å². The molecule has 3 nitrogen and oxygen atoms in total. The summed E-state index contributed by atoms with van der Waals surface area (Å²) in [5.74, 6) is 0. The number of aryl methyl sites for hydroxylation is 1. The molecule has 1 heterocycles. The highest BCUT2D eigenvalue weighted by atomic mass is 16.1. The maximum Gasteiger partial charge on any atom is 0.255 e. The summed E-state index contributed by atoms with van der Waals surface area (Å²) in [5.41, 5.74) is 9.68. The van der Waals surface area contributed by atoms with Crippen LogP contribution in [0.15, 0.2) is 41.2 Å². The number of hydrogen-bond donors (Lipinski definition) is 1. The van der Waals surface area contributed by atoms with Gasteiger partial charge in [-0.3, -0.25) is 4.79 Å². The van der Waals surface area contributed by atoms with Gasteiger partial charge in [-0.2, -0.15) is 0 Å². The lowest BCUT2D eigenvalue weighted by Crippen LogP contribution is -2.26. The van der Waals surface area contributed by atoms with E-state index in [1.807, 2.05) is 19.1 Å². The zero-order chi connectivity index (χ0) is 14.0. The highest BCUT2D eigenvalue weighted by Crippen LogP contribution is 2.19. The van der Waals surface area contributed by atoms with E-state index in [0.29, 0.717) is 5.56 Å². The van der Waals surface area contributed by atoms with Gasteiger partial charge in [-0.15, -0.1) is 0 Å². The highest BCUT2D eigenvalue weighted by molar-refractivity contribution is 5.60. The molecule has 0 saturated heterocycles. The van der Waals surface area contributed by atoms with Crippen molar-refractivity contribution in [3.8, 4) is 11.3 Å². The Hall–Kier alpha value is -1.87. The normalized spacial score (nSPS) is 12.4. The fourth-order valence-electron chi connectivity index (χ4n) is 2.20. The predicted molar refractivity (Wildman–Crippen MR) is 79.1 cm³/mol. The van der Waals surface area contributed by atoms with E-state index in [9.17, 15) is 4.79 Å². The Morgan fingerprint density at radius 3 is 2.32 bits per heavy atom. The molecule has 1 atom stereocenters. The molecule has 0 saturated carbocycles. The van der Waals surface area contributed by atoms with E-state index in [4.69, 9.17) is 5.73 Å². The molecular weight excluding hydrogens is 236 g/mol. The number of nitrogens with two attached hydrogens (primary N) is 1. The van der Waals surface area contributed by atoms with Gasteiger partial charge in [-0.1, -0.05) is 31.2 Å². The third-order valence-corrected chi connectivity index (χ3v) is 3.48. The van der Waals surface area contributed by atoms with Crippen molar-refractivity contribution in [2.45, 2.75) is 26.3 Å². The molecule has 0 amide bonds. The first-order valence-electron chi connectivity index (χ1n) is 6.59. The van der Waals surface area contributed by atoms with Crippen LogP contribution in [-0.4, -0.2) is 4.57 Å². The van der Waals surface area contributed by atoms with E-state index in [2.05, 4.69) is 31.2 Å². The minimum atomic E-state index is -0.241. The van der Waals surface area contributed by atoms with Crippen LogP contribution in [0.5, 0.6) is 0 Å². The van der Waals surface area contributed by atoms with Gasteiger partial charge in [0, 0.05) is 18.7 Å². The first kappa shape index (κ1) is 13.6. The number of aromatic nitrogens is 1. The Bertz CT molecular complexity index is 624. The molecule has 1 aromatic carbocycles. The minimum absolute atomic E-state index is 0.0212. The number of hydrogen-bond acceptors (Lipinski definition) is 2. The molecule has 0 radical (unpaired) electrons. The fraction of sp³-hybridized carbons (Fsp3) is 0.312. The van der Waals surface area contributed by atoms with Crippen molar-refractivity contribution in [3.05, 3.63) is 57.9 Å². The average molecular weight is 256 g/mol. The van der Waals surface area contributed by atoms with E-state index >= 15 is 0 Å². The molecule has 0 aliphatic carbocycles. The van der Waals surface area contributed by atoms with Crippen LogP contribution in [0.1, 0.15) is 31.0 Å². The maximum atomic E-state index is 12.2. The quantitative estimate of drug-likeness (QED) is 0.917. The highest BCUT2D eigenvalue weighted by Gasteiger charge is 2.10. The lowest BCUT2D eigenvalue weighted by Gasteiger charge is -2.12. The molecular formula is C16H20N2O. The van der Waals surface area contributed by atoms with Gasteiger partial charge < -0.3 is 10.3 Å². The van der Waals surface area contributed by atoms with Crippen molar-refractivity contribution in [2.24, 2.45) is 12.8 Å². The Balaban J connectivity index is 2.51. The smallest absolute Gasteiger partial charge is 0.255 e. The van der Waals surface area contributed by atoms with Crippen LogP contribution in [0.25, 0.3) is 11.3 Å². The maximum absolute atomic E-state index is 12.2. The van der Waals surface area contributed by atoms with Gasteiger partial charge in [0.05, 0.1) is 5.69 Å². The topological polar surface area (TPSA) is 48.0 Å². The van der Waals surface area contributed by atoms with Crippen molar-refractivity contribution in [2.75, 3.05) is 0 Å². The van der Waals surface area contributed by atoms with Gasteiger partial charge >= 0.3 is 0 Å². The second-order valence-electron chi connectivity index (χ2n) is 4.88. The largest absolute Gasteiger partial charge is 0.324 e. The lowest BCUT2D eigenvalue weighted by molar-refractivity contribution is 0.760. The first-order valence-corrected chi connectivity index (χ1v) is 6.59. The summed E-state index contributed by atoms with van der Waals surface area (Å²) < 4.78 is 1.67. The summed E-state index contributed by atoms with van der Waals surface area (Å²) in [6.45, 7) is 3.95. The molecule has 2 N–H and O–H groups in total. The Morgan fingerprint density at radius 1 is 1.16 bits per heavy atom. The van der Waals surface area contributed by atoms with Gasteiger partial charge in [0.25, 0.3) is 5.56 Å². The second-order valence-corrected chi connectivity index (χ2v) is 4.88. The standard InChI is InChI=1S/C16H20N2O/c1-4-12-5-7-13(8-6-12)15-10-9-14(11(2)17)16(19)18(15)3/h5-11H,4,17H2,1-3H3. The van der Waals surface area contributed by atoms with E-state index in [1.54, 1.807) is 11.6 Å². The van der Waals surface area contributed by atoms with Gasteiger partial charge in [-0.25, -0.2) is 0 Å². The van der Waals surface area contributed by atoms with Gasteiger partial charge in [0.1, 0.15) is 0 Å². The van der Waals surface area contributed by atoms with Crippen LogP contribution in [0.4, 0.5) is 0 Å². The minimum Gasteiger partial charge on any atom is -0.324 e. The average Bonchev–Trinajstić information content (AvgIpc) is 2.41. The Morgan fingerprint density at radius 2 is 1.79 bits per heavy atom. The third-order valence-electron chi connectivity index (χ3n) is 3.48. The SMILES string of the molecule is CCc1ccc(-c2ccc(C(C)N)c(=O)n2C)cc1. The van der Waals surface area contributed by atoms with Crippen LogP contribution in [0.2, 0.25) is 0 Å². The zero-order valence-electron chi connectivity index (χ0n) is 11.7. The number of pyridine rings is 1. The molecule has 0 fully saturated rings. The number of rotatable bonds is 3. The molecule has 0 spiro atoms. The summed E-state index contributed by atoms with van der Waals surface area (Å²) in [5, 5.41) is 0. The summed E-state index contributed by atoms with van der Waals surface area (Å²) in [7, 11) is 1.79. The van der Waals surface area contributed by atoms with Crippen molar-refractivity contribution < 1.29 is 0 Å². The van der Waals surface area contributed by atoms with Crippen LogP contribution in [0, 0.1) is 0 Å². The van der Waals surface area contributed by atoms with E-state index in [0.717, 1.165) is 17.7 Å². The summed E-state index contributed by atoms with van der Waals surface area (Å²) >= 11 is 0. The third kappa shape index (κ3) is 2.61. The zero-order valence-corrected chi connectivity index (χ0v) is 11.7. The number of benzene rings is 1. The fourth-order valence-corrected chi connectivity index (χ4v) is 2.20. The van der Waals surface area contributed by atoms with Crippen molar-refractivity contribution in [1.29, 1.82) is 0 Å². The predicted octanol–water partition coefficient (Wildman–Crippen LogP) is 2.63. The van der Waals surface area contributed by atoms with Crippen molar-refractivity contribution in [3.63, 3.8) is 0 Å². The van der Waals surface area contributed by atoms with Gasteiger partial charge in [-0.05, 0) is 36.6 Å². The van der Waals surface area contributed by atoms with Crippen LogP contribution in [-0.2, 0) is 13.5 Å². The van der Waals surface area contributed by atoms with Crippen molar-refractivity contribution >= 4 is 0 Å². The van der Waals surface area contributed by atoms with Gasteiger partial charge in [0.15, 0.2) is 0 Å². The van der Waals surface area contributed by atoms with Crippen LogP contribution < -0.4 is 11.3 Å². The Labute approximate surface area is 113 Å². The molecule has 1 unspecified atom stereocenters. The molecule has 0 aliphatic heterocycles. The lowest BCUT2D eigenvalue weighted by atomic mass is 10.0. The molecule has 2 aromatic rings. The summed E-state index contributed by atoms with van der Waals surface area (Å²) in [4.78, 5) is 12.2. The molecule has 0 aliphatic rings. The van der Waals surface area contributed by atoms with Crippen LogP contribution >= 0.6 is 0 Å². The molecule has 3 heteroatoms. The molecule has 0 bridgehead atoms. The molecule has 2 rings (SSSR count). The van der Waals surface area contributed by atoms with Crippen LogP contribution in [0.3, 0.4) is 0 Å². The summed E-state index contributed by atoms with van der Waals surface area (Å²) in [6, 6.07) is 11.9. The summed E-state index contributed by atoms with van der Waals surface area (Å²) in [6.07, 6.45) is 1.02. The van der Waals surface area contributed by atoms with E-state index in [-0.39, 0.29) is 11.6 Å². The monoisotopic (exact) mass is 256 g/mol. The van der Waals surface area contributed by atoms with E-state index < -0.39 is 0 Å². The molecule has 1 aromatic heterocycles.